The highest BCUT2D eigenvalue weighted by Crippen LogP contribution is 2.02. The molecule has 0 aromatic rings. The summed E-state index contributed by atoms with van der Waals surface area (Å²) in [7, 11) is 1.63. The number of hydrogen-bond donors (Lipinski definition) is 3. The maximum absolute atomic E-state index is 11.9. The predicted molar refractivity (Wildman–Crippen MR) is 155 cm³/mol. The number of unbranched alkanes of at least 4 members (excludes halogenated alkanes) is 1. The number of hydrogen-bond acceptors (Lipinski definition) is 12. The predicted octanol–water partition coefficient (Wildman–Crippen LogP) is 0.791. The maximum atomic E-state index is 11.9. The number of alkyl carbamates (subject to hydrolysis) is 1. The molecule has 3 N–H and O–H groups in total. The molecule has 0 aliphatic heterocycles. The van der Waals surface area contributed by atoms with Gasteiger partial charge in [0.2, 0.25) is 5.91 Å². The zero-order valence-electron chi connectivity index (χ0n) is 25.6. The number of carboxylic acid groups (broad SMARTS) is 1. The molecule has 15 heteroatoms. The number of nitrogens with one attached hydrogen (secondary N) is 2. The second-order valence-electron chi connectivity index (χ2n) is 8.80. The molecule has 0 saturated carbocycles. The molecule has 0 aliphatic carbocycles. The van der Waals surface area contributed by atoms with E-state index in [4.69, 9.17) is 42.6 Å². The standard InChI is InChI=1S/C28H52N2O13/c1-3-9-43-28(34)30-25(27(32)33)6-4-5-8-29-26(31)7-10-36-13-14-38-17-18-40-21-22-42-24-23-41-20-19-39-16-15-37-12-11-35-2/h3,25H,1,4-24H2,2H3,(H,29,31)(H,30,34)(H,32,33)/t25-/m0/s1. The van der Waals surface area contributed by atoms with Crippen molar-refractivity contribution in [3.05, 3.63) is 12.7 Å². The minimum Gasteiger partial charge on any atom is -0.480 e. The molecule has 0 aromatic heterocycles. The van der Waals surface area contributed by atoms with Gasteiger partial charge in [-0.2, -0.15) is 0 Å². The van der Waals surface area contributed by atoms with Crippen LogP contribution in [0, 0.1) is 0 Å². The number of ether oxygens (including phenoxy) is 9. The molecule has 0 aromatic carbocycles. The van der Waals surface area contributed by atoms with Gasteiger partial charge in [0, 0.05) is 20.1 Å². The quantitative estimate of drug-likeness (QED) is 0.0690. The lowest BCUT2D eigenvalue weighted by Gasteiger charge is -2.14. The number of rotatable bonds is 33. The highest BCUT2D eigenvalue weighted by Gasteiger charge is 2.19. The molecular weight excluding hydrogens is 572 g/mol. The molecule has 2 amide bonds. The number of carboxylic acids is 1. The van der Waals surface area contributed by atoms with Crippen LogP contribution in [-0.2, 0) is 52.2 Å². The number of methoxy groups -OCH3 is 1. The molecule has 0 unspecified atom stereocenters. The van der Waals surface area contributed by atoms with Crippen LogP contribution in [-0.4, -0.2) is 148 Å². The average molecular weight is 625 g/mol. The first-order valence-corrected chi connectivity index (χ1v) is 14.6. The Morgan fingerprint density at radius 3 is 1.56 bits per heavy atom. The van der Waals surface area contributed by atoms with Gasteiger partial charge in [0.05, 0.1) is 99.1 Å². The number of carbonyl (C=O) groups excluding carboxylic acids is 2. The van der Waals surface area contributed by atoms with Crippen LogP contribution in [0.2, 0.25) is 0 Å². The summed E-state index contributed by atoms with van der Waals surface area (Å²) in [4.78, 5) is 34.6. The third-order valence-electron chi connectivity index (χ3n) is 5.30. The van der Waals surface area contributed by atoms with Gasteiger partial charge in [-0.15, -0.1) is 0 Å². The number of aliphatic carboxylic acids is 1. The van der Waals surface area contributed by atoms with Gasteiger partial charge >= 0.3 is 12.1 Å². The fourth-order valence-corrected chi connectivity index (χ4v) is 3.09. The monoisotopic (exact) mass is 624 g/mol. The Kier molecular flexibility index (Phi) is 30.7. The second-order valence-corrected chi connectivity index (χ2v) is 8.80. The van der Waals surface area contributed by atoms with Gasteiger partial charge < -0.3 is 58.4 Å². The van der Waals surface area contributed by atoms with Gasteiger partial charge in [-0.3, -0.25) is 4.79 Å². The summed E-state index contributed by atoms with van der Waals surface area (Å²) >= 11 is 0. The molecule has 0 radical (unpaired) electrons. The smallest absolute Gasteiger partial charge is 0.408 e. The van der Waals surface area contributed by atoms with Crippen molar-refractivity contribution in [2.24, 2.45) is 0 Å². The lowest BCUT2D eigenvalue weighted by atomic mass is 10.1. The molecule has 1 atom stereocenters. The van der Waals surface area contributed by atoms with Gasteiger partial charge in [-0.25, -0.2) is 9.59 Å². The van der Waals surface area contributed by atoms with Gasteiger partial charge in [-0.05, 0) is 19.3 Å². The van der Waals surface area contributed by atoms with E-state index in [9.17, 15) is 19.5 Å². The van der Waals surface area contributed by atoms with Gasteiger partial charge in [0.1, 0.15) is 12.6 Å². The molecule has 0 rings (SSSR count). The Bertz CT molecular complexity index is 685. The van der Waals surface area contributed by atoms with E-state index in [2.05, 4.69) is 17.2 Å². The molecular formula is C28H52N2O13. The van der Waals surface area contributed by atoms with Crippen molar-refractivity contribution in [2.45, 2.75) is 31.7 Å². The van der Waals surface area contributed by atoms with Crippen molar-refractivity contribution in [2.75, 3.05) is 119 Å². The molecule has 0 bridgehead atoms. The molecule has 0 fully saturated rings. The molecule has 43 heavy (non-hydrogen) atoms. The largest absolute Gasteiger partial charge is 0.480 e. The second kappa shape index (κ2) is 32.5. The van der Waals surface area contributed by atoms with E-state index in [0.29, 0.717) is 112 Å². The van der Waals surface area contributed by atoms with Crippen molar-refractivity contribution in [3.8, 4) is 0 Å². The Morgan fingerprint density at radius 2 is 1.14 bits per heavy atom. The molecule has 0 spiro atoms. The SMILES string of the molecule is C=CCOC(=O)N[C@@H](CCCCNC(=O)CCOCCOCCOCCOCCOCCOCCOCCOC)C(=O)O. The summed E-state index contributed by atoms with van der Waals surface area (Å²) in [6, 6.07) is -1.06. The fraction of sp³-hybridized carbons (Fsp3) is 0.821. The van der Waals surface area contributed by atoms with E-state index in [-0.39, 0.29) is 32.0 Å². The third kappa shape index (κ3) is 30.9. The van der Waals surface area contributed by atoms with E-state index in [1.165, 1.54) is 6.08 Å². The summed E-state index contributed by atoms with van der Waals surface area (Å²) in [5, 5.41) is 14.2. The van der Waals surface area contributed by atoms with E-state index >= 15 is 0 Å². The lowest BCUT2D eigenvalue weighted by molar-refractivity contribution is -0.139. The average Bonchev–Trinajstić information content (AvgIpc) is 2.99. The third-order valence-corrected chi connectivity index (χ3v) is 5.30. The zero-order chi connectivity index (χ0) is 31.6. The minimum atomic E-state index is -1.15. The van der Waals surface area contributed by atoms with E-state index in [0.717, 1.165) is 0 Å². The molecule has 252 valence electrons. The van der Waals surface area contributed by atoms with Crippen molar-refractivity contribution in [3.63, 3.8) is 0 Å². The topological polar surface area (TPSA) is 179 Å². The van der Waals surface area contributed by atoms with Gasteiger partial charge in [-0.1, -0.05) is 12.7 Å². The molecule has 0 heterocycles. The van der Waals surface area contributed by atoms with Gasteiger partial charge in [0.25, 0.3) is 0 Å². The highest BCUT2D eigenvalue weighted by atomic mass is 16.6. The van der Waals surface area contributed by atoms with Crippen molar-refractivity contribution >= 4 is 18.0 Å². The molecule has 0 saturated heterocycles. The van der Waals surface area contributed by atoms with Crippen LogP contribution in [0.15, 0.2) is 12.7 Å². The van der Waals surface area contributed by atoms with Gasteiger partial charge in [0.15, 0.2) is 0 Å². The van der Waals surface area contributed by atoms with Crippen LogP contribution in [0.5, 0.6) is 0 Å². The lowest BCUT2D eigenvalue weighted by Crippen LogP contribution is -2.41. The van der Waals surface area contributed by atoms with Crippen LogP contribution < -0.4 is 10.6 Å². The minimum absolute atomic E-state index is 0.00327. The summed E-state index contributed by atoms with van der Waals surface area (Å²) in [5.41, 5.74) is 0. The Hall–Kier alpha value is -2.37. The maximum Gasteiger partial charge on any atom is 0.408 e. The van der Waals surface area contributed by atoms with Crippen LogP contribution in [0.1, 0.15) is 25.7 Å². The van der Waals surface area contributed by atoms with Crippen LogP contribution in [0.3, 0.4) is 0 Å². The van der Waals surface area contributed by atoms with E-state index < -0.39 is 18.1 Å². The van der Waals surface area contributed by atoms with Crippen LogP contribution in [0.25, 0.3) is 0 Å². The van der Waals surface area contributed by atoms with E-state index in [1.54, 1.807) is 7.11 Å². The van der Waals surface area contributed by atoms with Crippen molar-refractivity contribution in [1.82, 2.24) is 10.6 Å². The summed E-state index contributed by atoms with van der Waals surface area (Å²) < 4.78 is 47.3. The first kappa shape index (κ1) is 40.6. The normalized spacial score (nSPS) is 11.7. The van der Waals surface area contributed by atoms with E-state index in [1.807, 2.05) is 0 Å². The van der Waals surface area contributed by atoms with Crippen molar-refractivity contribution in [1.29, 1.82) is 0 Å². The molecule has 0 aliphatic rings. The highest BCUT2D eigenvalue weighted by molar-refractivity contribution is 5.79. The molecule has 15 nitrogen and oxygen atoms in total. The number of amides is 2. The Morgan fingerprint density at radius 1 is 0.698 bits per heavy atom. The fourth-order valence-electron chi connectivity index (χ4n) is 3.09. The summed E-state index contributed by atoms with van der Waals surface area (Å²) in [5.74, 6) is -1.31. The van der Waals surface area contributed by atoms with Crippen LogP contribution in [0.4, 0.5) is 4.79 Å². The van der Waals surface area contributed by atoms with Crippen molar-refractivity contribution < 1.29 is 62.1 Å². The van der Waals surface area contributed by atoms with Crippen LogP contribution >= 0.6 is 0 Å². The summed E-state index contributed by atoms with van der Waals surface area (Å²) in [6.07, 6.45) is 2.08. The first-order chi connectivity index (χ1) is 21.0. The zero-order valence-corrected chi connectivity index (χ0v) is 25.6. The summed E-state index contributed by atoms with van der Waals surface area (Å²) in [6.45, 7) is 10.8. The first-order valence-electron chi connectivity index (χ1n) is 14.6. The number of carbonyl (C=O) groups is 3. The Labute approximate surface area is 254 Å². The Balaban J connectivity index is 3.36.